The van der Waals surface area contributed by atoms with Crippen molar-refractivity contribution in [1.82, 2.24) is 5.01 Å². The highest BCUT2D eigenvalue weighted by Gasteiger charge is 2.11. The Balaban J connectivity index is 3.54. The van der Waals surface area contributed by atoms with E-state index >= 15 is 0 Å². The Morgan fingerprint density at radius 2 is 1.57 bits per heavy atom. The first-order chi connectivity index (χ1) is 2.94. The third-order valence-electron chi connectivity index (χ3n) is 0.909. The van der Waals surface area contributed by atoms with Crippen molar-refractivity contribution in [2.24, 2.45) is 11.6 Å². The molecule has 0 fully saturated rings. The molecule has 0 aromatic heterocycles. The van der Waals surface area contributed by atoms with E-state index in [2.05, 4.69) is 0 Å². The quantitative estimate of drug-likeness (QED) is 0.267. The first-order valence-electron chi connectivity index (χ1n) is 2.22. The number of nitrogens with two attached hydrogens (primary N) is 2. The fourth-order valence-electron chi connectivity index (χ4n) is 0. The van der Waals surface area contributed by atoms with Crippen LogP contribution in [0.2, 0.25) is 0 Å². The number of nitrogens with zero attached hydrogens (tertiary/aromatic N) is 1. The Bertz CT molecular complexity index is 52.4. The minimum Gasteiger partial charge on any atom is -0.313 e. The molecule has 0 bridgehead atoms. The van der Waals surface area contributed by atoms with Crippen LogP contribution in [-0.2, 0) is 0 Å². The van der Waals surface area contributed by atoms with Crippen LogP contribution in [0.3, 0.4) is 0 Å². The topological polar surface area (TPSA) is 55.3 Å². The lowest BCUT2D eigenvalue weighted by Crippen LogP contribution is -2.52. The first-order valence-corrected chi connectivity index (χ1v) is 2.22. The number of hydrogen-bond donors (Lipinski definition) is 2. The monoisotopic (exact) mass is 103 g/mol. The second-order valence-electron chi connectivity index (χ2n) is 2.26. The van der Waals surface area contributed by atoms with Gasteiger partial charge in [-0.05, 0) is 13.8 Å². The number of rotatable bonds is 1. The molecule has 0 saturated heterocycles. The molecule has 0 aliphatic carbocycles. The maximum Gasteiger partial charge on any atom is 0.0758 e. The molecule has 4 N–H and O–H groups in total. The summed E-state index contributed by atoms with van der Waals surface area (Å²) < 4.78 is 0. The summed E-state index contributed by atoms with van der Waals surface area (Å²) in [6.45, 7) is 3.68. The van der Waals surface area contributed by atoms with Crippen molar-refractivity contribution in [2.75, 3.05) is 7.05 Å². The van der Waals surface area contributed by atoms with Gasteiger partial charge < -0.3 is 5.73 Å². The highest BCUT2D eigenvalue weighted by Crippen LogP contribution is 1.94. The zero-order chi connectivity index (χ0) is 6.08. The van der Waals surface area contributed by atoms with Gasteiger partial charge in [-0.2, -0.15) is 0 Å². The SMILES string of the molecule is CN(N)C(C)(C)N. The van der Waals surface area contributed by atoms with E-state index in [1.54, 1.807) is 7.05 Å². The van der Waals surface area contributed by atoms with Crippen molar-refractivity contribution < 1.29 is 0 Å². The molecule has 0 heterocycles. The lowest BCUT2D eigenvalue weighted by atomic mass is 10.3. The summed E-state index contributed by atoms with van der Waals surface area (Å²) in [6, 6.07) is 0. The van der Waals surface area contributed by atoms with Crippen LogP contribution in [0.1, 0.15) is 13.8 Å². The lowest BCUT2D eigenvalue weighted by Gasteiger charge is -2.26. The van der Waals surface area contributed by atoms with Crippen molar-refractivity contribution in [3.05, 3.63) is 0 Å². The van der Waals surface area contributed by atoms with Crippen molar-refractivity contribution in [3.63, 3.8) is 0 Å². The predicted molar refractivity (Wildman–Crippen MR) is 30.2 cm³/mol. The molecule has 0 aliphatic heterocycles. The molecule has 0 atom stereocenters. The van der Waals surface area contributed by atoms with Gasteiger partial charge in [0, 0.05) is 7.05 Å². The van der Waals surface area contributed by atoms with E-state index in [0.717, 1.165) is 0 Å². The molecule has 0 spiro atoms. The standard InChI is InChI=1S/C4H13N3/c1-4(2,5)7(3)6/h5-6H2,1-3H3. The molecule has 0 aromatic rings. The molecule has 3 heteroatoms. The summed E-state index contributed by atoms with van der Waals surface area (Å²) in [7, 11) is 1.74. The van der Waals surface area contributed by atoms with Crippen LogP contribution < -0.4 is 11.6 Å². The molecular formula is C4H13N3. The van der Waals surface area contributed by atoms with E-state index in [0.29, 0.717) is 0 Å². The van der Waals surface area contributed by atoms with Gasteiger partial charge in [-0.15, -0.1) is 0 Å². The van der Waals surface area contributed by atoms with E-state index < -0.39 is 0 Å². The third kappa shape index (κ3) is 2.56. The smallest absolute Gasteiger partial charge is 0.0758 e. The van der Waals surface area contributed by atoms with E-state index in [-0.39, 0.29) is 5.66 Å². The average Bonchev–Trinajstić information content (AvgIpc) is 1.31. The van der Waals surface area contributed by atoms with Crippen molar-refractivity contribution in [1.29, 1.82) is 0 Å². The Labute approximate surface area is 44.2 Å². The second kappa shape index (κ2) is 1.78. The Hall–Kier alpha value is -0.120. The van der Waals surface area contributed by atoms with Gasteiger partial charge in [-0.3, -0.25) is 5.84 Å². The van der Waals surface area contributed by atoms with E-state index in [9.17, 15) is 0 Å². The Morgan fingerprint density at radius 3 is 1.57 bits per heavy atom. The molecule has 0 aromatic carbocycles. The fourth-order valence-corrected chi connectivity index (χ4v) is 0. The van der Waals surface area contributed by atoms with Crippen molar-refractivity contribution in [2.45, 2.75) is 19.5 Å². The largest absolute Gasteiger partial charge is 0.313 e. The summed E-state index contributed by atoms with van der Waals surface area (Å²) in [6.07, 6.45) is 0. The van der Waals surface area contributed by atoms with Crippen LogP contribution in [0.4, 0.5) is 0 Å². The minimum atomic E-state index is -0.389. The first kappa shape index (κ1) is 6.88. The van der Waals surface area contributed by atoms with Gasteiger partial charge in [-0.1, -0.05) is 0 Å². The van der Waals surface area contributed by atoms with E-state index in [4.69, 9.17) is 11.6 Å². The van der Waals surface area contributed by atoms with Crippen LogP contribution >= 0.6 is 0 Å². The molecule has 0 radical (unpaired) electrons. The molecule has 0 saturated carbocycles. The predicted octanol–water partition coefficient (Wildman–Crippen LogP) is -0.513. The van der Waals surface area contributed by atoms with Gasteiger partial charge >= 0.3 is 0 Å². The number of hydrogen-bond acceptors (Lipinski definition) is 3. The highest BCUT2D eigenvalue weighted by molar-refractivity contribution is 4.64. The average molecular weight is 103 g/mol. The van der Waals surface area contributed by atoms with Crippen molar-refractivity contribution >= 4 is 0 Å². The fraction of sp³-hybridized carbons (Fsp3) is 1.00. The lowest BCUT2D eigenvalue weighted by molar-refractivity contribution is 0.166. The molecule has 0 aliphatic rings. The second-order valence-corrected chi connectivity index (χ2v) is 2.26. The molecule has 3 nitrogen and oxygen atoms in total. The van der Waals surface area contributed by atoms with Crippen LogP contribution in [-0.4, -0.2) is 17.7 Å². The minimum absolute atomic E-state index is 0.389. The molecule has 0 rings (SSSR count). The maximum atomic E-state index is 5.48. The molecular weight excluding hydrogens is 90.1 g/mol. The summed E-state index contributed by atoms with van der Waals surface area (Å²) in [4.78, 5) is 0. The van der Waals surface area contributed by atoms with Crippen LogP contribution in [0.5, 0.6) is 0 Å². The molecule has 0 amide bonds. The van der Waals surface area contributed by atoms with Gasteiger partial charge in [-0.25, -0.2) is 5.01 Å². The molecule has 7 heavy (non-hydrogen) atoms. The third-order valence-corrected chi connectivity index (χ3v) is 0.909. The molecule has 44 valence electrons. The van der Waals surface area contributed by atoms with Crippen molar-refractivity contribution in [3.8, 4) is 0 Å². The maximum absolute atomic E-state index is 5.48. The highest BCUT2D eigenvalue weighted by atomic mass is 15.5. The van der Waals surface area contributed by atoms with Crippen LogP contribution in [0.25, 0.3) is 0 Å². The zero-order valence-corrected chi connectivity index (χ0v) is 5.10. The zero-order valence-electron chi connectivity index (χ0n) is 5.10. The van der Waals surface area contributed by atoms with Crippen LogP contribution in [0.15, 0.2) is 0 Å². The summed E-state index contributed by atoms with van der Waals surface area (Å²) in [5, 5.41) is 1.47. The van der Waals surface area contributed by atoms with Gasteiger partial charge in [0.05, 0.1) is 5.66 Å². The normalized spacial score (nSPS) is 12.9. The van der Waals surface area contributed by atoms with E-state index in [1.807, 2.05) is 13.8 Å². The van der Waals surface area contributed by atoms with Gasteiger partial charge in [0.15, 0.2) is 0 Å². The molecule has 0 unspecified atom stereocenters. The van der Waals surface area contributed by atoms with Gasteiger partial charge in [0.1, 0.15) is 0 Å². The Morgan fingerprint density at radius 1 is 1.43 bits per heavy atom. The van der Waals surface area contributed by atoms with Gasteiger partial charge in [0.2, 0.25) is 0 Å². The summed E-state index contributed by atoms with van der Waals surface area (Å²) in [5.41, 5.74) is 5.09. The summed E-state index contributed by atoms with van der Waals surface area (Å²) in [5.74, 6) is 5.28. The van der Waals surface area contributed by atoms with Crippen LogP contribution in [0, 0.1) is 0 Å². The van der Waals surface area contributed by atoms with Gasteiger partial charge in [0.25, 0.3) is 0 Å². The van der Waals surface area contributed by atoms with E-state index in [1.165, 1.54) is 5.01 Å². The number of hydrazine groups is 1. The Kier molecular flexibility index (Phi) is 1.75. The summed E-state index contributed by atoms with van der Waals surface area (Å²) >= 11 is 0.